The first-order valence-electron chi connectivity index (χ1n) is 10.8. The molecule has 0 spiro atoms. The zero-order valence-corrected chi connectivity index (χ0v) is 18.3. The fourth-order valence-corrected chi connectivity index (χ4v) is 4.20. The number of aromatic nitrogens is 1. The number of carbonyl (C=O) groups excluding carboxylic acids is 2. The van der Waals surface area contributed by atoms with E-state index in [1.54, 1.807) is 35.4 Å². The maximum absolute atomic E-state index is 12.7. The number of nitrogens with two attached hydrogens (primary N) is 1. The summed E-state index contributed by atoms with van der Waals surface area (Å²) in [6.45, 7) is 5.35. The van der Waals surface area contributed by atoms with Gasteiger partial charge in [-0.25, -0.2) is 0 Å². The van der Waals surface area contributed by atoms with Crippen LogP contribution in [0.4, 0.5) is 0 Å². The van der Waals surface area contributed by atoms with Gasteiger partial charge in [0.15, 0.2) is 0 Å². The number of rotatable bonds is 6. The number of ether oxygens (including phenoxy) is 1. The number of hydrogen-bond donors (Lipinski definition) is 1. The molecule has 1 saturated heterocycles. The van der Waals surface area contributed by atoms with Gasteiger partial charge in [0, 0.05) is 30.8 Å². The van der Waals surface area contributed by atoms with Crippen LogP contribution in [-0.2, 0) is 0 Å². The van der Waals surface area contributed by atoms with Crippen LogP contribution in [0.15, 0.2) is 66.9 Å². The quantitative estimate of drug-likeness (QED) is 0.614. The van der Waals surface area contributed by atoms with Gasteiger partial charge in [-0.2, -0.15) is 0 Å². The first-order chi connectivity index (χ1) is 15.4. The smallest absolute Gasteiger partial charge is 0.272 e. The maximum atomic E-state index is 12.7. The topological polar surface area (TPSA) is 85.5 Å². The van der Waals surface area contributed by atoms with Crippen molar-refractivity contribution in [3.05, 3.63) is 89.2 Å². The summed E-state index contributed by atoms with van der Waals surface area (Å²) in [5.74, 6) is 1.06. The van der Waals surface area contributed by atoms with Crippen LogP contribution < -0.4 is 10.5 Å². The molecular weight excluding hydrogens is 402 g/mol. The lowest BCUT2D eigenvalue weighted by Gasteiger charge is -2.18. The fourth-order valence-electron chi connectivity index (χ4n) is 4.20. The summed E-state index contributed by atoms with van der Waals surface area (Å²) < 4.78 is 6.12. The molecular formula is C26H27N3O3. The summed E-state index contributed by atoms with van der Waals surface area (Å²) >= 11 is 0. The number of amides is 2. The van der Waals surface area contributed by atoms with Crippen molar-refractivity contribution in [3.8, 4) is 11.5 Å². The fraction of sp³-hybridized carbons (Fsp3) is 0.269. The number of nitrogens with zero attached hydrogens (tertiary/aromatic N) is 2. The molecule has 6 heteroatoms. The minimum Gasteiger partial charge on any atom is -0.457 e. The van der Waals surface area contributed by atoms with E-state index in [1.165, 1.54) is 0 Å². The van der Waals surface area contributed by atoms with Crippen LogP contribution in [0.1, 0.15) is 64.1 Å². The van der Waals surface area contributed by atoms with Gasteiger partial charge in [-0.3, -0.25) is 14.6 Å². The molecule has 164 valence electrons. The molecule has 2 N–H and O–H groups in total. The van der Waals surface area contributed by atoms with Gasteiger partial charge >= 0.3 is 0 Å². The molecule has 32 heavy (non-hydrogen) atoms. The second-order valence-corrected chi connectivity index (χ2v) is 8.36. The summed E-state index contributed by atoms with van der Waals surface area (Å²) in [5.41, 5.74) is 8.52. The van der Waals surface area contributed by atoms with Crippen LogP contribution in [-0.4, -0.2) is 34.8 Å². The number of primary amides is 1. The van der Waals surface area contributed by atoms with Gasteiger partial charge in [0.2, 0.25) is 5.91 Å². The molecule has 0 bridgehead atoms. The molecule has 1 aromatic heterocycles. The SMILES string of the molecule is CC(C)c1ccccc1Oc1ccc(C2CCN(C(=O)c3ccccn3)C2)c(C(N)=O)c1. The molecule has 0 saturated carbocycles. The van der Waals surface area contributed by atoms with E-state index in [9.17, 15) is 9.59 Å². The minimum absolute atomic E-state index is 0.0298. The van der Waals surface area contributed by atoms with E-state index in [-0.39, 0.29) is 11.8 Å². The standard InChI is InChI=1S/C26H27N3O3/c1-17(2)20-7-3-4-9-24(20)32-19-10-11-21(22(15-19)25(27)30)18-12-14-29(16-18)26(31)23-8-5-6-13-28-23/h3-11,13,15,17-18H,12,14,16H2,1-2H3,(H2,27,30). The van der Waals surface area contributed by atoms with E-state index in [4.69, 9.17) is 10.5 Å². The normalized spacial score (nSPS) is 15.7. The lowest BCUT2D eigenvalue weighted by Crippen LogP contribution is -2.29. The minimum atomic E-state index is -0.503. The average molecular weight is 430 g/mol. The Bertz CT molecular complexity index is 1130. The van der Waals surface area contributed by atoms with Crippen LogP contribution in [0.25, 0.3) is 0 Å². The molecule has 1 aliphatic heterocycles. The Morgan fingerprint density at radius 2 is 1.88 bits per heavy atom. The summed E-state index contributed by atoms with van der Waals surface area (Å²) in [6.07, 6.45) is 2.37. The molecule has 2 amide bonds. The lowest BCUT2D eigenvalue weighted by atomic mass is 9.93. The van der Waals surface area contributed by atoms with Crippen molar-refractivity contribution in [2.45, 2.75) is 32.1 Å². The third-order valence-corrected chi connectivity index (χ3v) is 5.86. The number of likely N-dealkylation sites (tertiary alicyclic amines) is 1. The van der Waals surface area contributed by atoms with Crippen molar-refractivity contribution in [2.75, 3.05) is 13.1 Å². The summed E-state index contributed by atoms with van der Waals surface area (Å²) in [6, 6.07) is 18.6. The second-order valence-electron chi connectivity index (χ2n) is 8.36. The predicted octanol–water partition coefficient (Wildman–Crippen LogP) is 4.73. The van der Waals surface area contributed by atoms with Crippen LogP contribution >= 0.6 is 0 Å². The van der Waals surface area contributed by atoms with E-state index in [0.717, 1.165) is 23.3 Å². The van der Waals surface area contributed by atoms with E-state index >= 15 is 0 Å². The summed E-state index contributed by atoms with van der Waals surface area (Å²) in [5, 5.41) is 0. The first-order valence-corrected chi connectivity index (χ1v) is 10.8. The molecule has 1 fully saturated rings. The Kier molecular flexibility index (Phi) is 6.21. The van der Waals surface area contributed by atoms with Gasteiger partial charge in [-0.05, 0) is 53.8 Å². The molecule has 4 rings (SSSR count). The molecule has 0 aliphatic carbocycles. The number of benzene rings is 2. The number of hydrogen-bond acceptors (Lipinski definition) is 4. The van der Waals surface area contributed by atoms with E-state index in [1.807, 2.05) is 36.4 Å². The van der Waals surface area contributed by atoms with Crippen LogP contribution in [0.2, 0.25) is 0 Å². The largest absolute Gasteiger partial charge is 0.457 e. The van der Waals surface area contributed by atoms with Crippen molar-refractivity contribution < 1.29 is 14.3 Å². The summed E-state index contributed by atoms with van der Waals surface area (Å²) in [4.78, 5) is 30.9. The van der Waals surface area contributed by atoms with Crippen LogP contribution in [0.5, 0.6) is 11.5 Å². The third-order valence-electron chi connectivity index (χ3n) is 5.86. The monoisotopic (exact) mass is 429 g/mol. The second kappa shape index (κ2) is 9.22. The Balaban J connectivity index is 1.56. The number of para-hydroxylation sites is 1. The van der Waals surface area contributed by atoms with Crippen molar-refractivity contribution in [3.63, 3.8) is 0 Å². The Labute approximate surface area is 188 Å². The lowest BCUT2D eigenvalue weighted by molar-refractivity contribution is 0.0785. The highest BCUT2D eigenvalue weighted by Gasteiger charge is 2.30. The molecule has 1 atom stereocenters. The van der Waals surface area contributed by atoms with Gasteiger partial charge in [-0.1, -0.05) is 44.2 Å². The van der Waals surface area contributed by atoms with E-state index < -0.39 is 5.91 Å². The van der Waals surface area contributed by atoms with Crippen molar-refractivity contribution in [1.82, 2.24) is 9.88 Å². The first kappa shape index (κ1) is 21.6. The molecule has 2 aromatic carbocycles. The maximum Gasteiger partial charge on any atom is 0.272 e. The molecule has 6 nitrogen and oxygen atoms in total. The Morgan fingerprint density at radius 1 is 1.09 bits per heavy atom. The predicted molar refractivity (Wildman–Crippen MR) is 123 cm³/mol. The Morgan fingerprint density at radius 3 is 2.59 bits per heavy atom. The third kappa shape index (κ3) is 4.49. The highest BCUT2D eigenvalue weighted by molar-refractivity contribution is 5.95. The number of pyridine rings is 1. The van der Waals surface area contributed by atoms with Crippen molar-refractivity contribution in [2.24, 2.45) is 5.73 Å². The van der Waals surface area contributed by atoms with Crippen molar-refractivity contribution >= 4 is 11.8 Å². The van der Waals surface area contributed by atoms with Crippen LogP contribution in [0.3, 0.4) is 0 Å². The van der Waals surface area contributed by atoms with Gasteiger partial charge < -0.3 is 15.4 Å². The molecule has 2 heterocycles. The highest BCUT2D eigenvalue weighted by atomic mass is 16.5. The zero-order valence-electron chi connectivity index (χ0n) is 18.3. The van der Waals surface area contributed by atoms with Crippen LogP contribution in [0, 0.1) is 0 Å². The van der Waals surface area contributed by atoms with Gasteiger partial charge in [0.25, 0.3) is 5.91 Å². The molecule has 0 radical (unpaired) electrons. The average Bonchev–Trinajstić information content (AvgIpc) is 3.29. The van der Waals surface area contributed by atoms with Gasteiger partial charge in [0.1, 0.15) is 17.2 Å². The van der Waals surface area contributed by atoms with Crippen molar-refractivity contribution in [1.29, 1.82) is 0 Å². The van der Waals surface area contributed by atoms with E-state index in [0.29, 0.717) is 36.0 Å². The van der Waals surface area contributed by atoms with Gasteiger partial charge in [0.05, 0.1) is 0 Å². The molecule has 3 aromatic rings. The molecule has 1 aliphatic rings. The molecule has 1 unspecified atom stereocenters. The highest BCUT2D eigenvalue weighted by Crippen LogP contribution is 2.35. The Hall–Kier alpha value is -3.67. The summed E-state index contributed by atoms with van der Waals surface area (Å²) in [7, 11) is 0. The zero-order chi connectivity index (χ0) is 22.7. The van der Waals surface area contributed by atoms with E-state index in [2.05, 4.69) is 18.8 Å². The van der Waals surface area contributed by atoms with Gasteiger partial charge in [-0.15, -0.1) is 0 Å². The number of carbonyl (C=O) groups is 2.